The summed E-state index contributed by atoms with van der Waals surface area (Å²) in [6.45, 7) is 23.3. The normalized spacial score (nSPS) is 50.3. The van der Waals surface area contributed by atoms with Crippen LogP contribution in [0.25, 0.3) is 0 Å². The van der Waals surface area contributed by atoms with Gasteiger partial charge in [-0.1, -0.05) is 47.6 Å². The highest BCUT2D eigenvalue weighted by Crippen LogP contribution is 2.68. The van der Waals surface area contributed by atoms with E-state index in [9.17, 15) is 50.1 Å². The summed E-state index contributed by atoms with van der Waals surface area (Å²) in [6.07, 6.45) is -6.76. The van der Waals surface area contributed by atoms with Crippen LogP contribution >= 0.6 is 0 Å². The first kappa shape index (κ1) is 66.0. The lowest BCUT2D eigenvalue weighted by atomic mass is 9.46. The van der Waals surface area contributed by atoms with Crippen LogP contribution in [0.1, 0.15) is 141 Å². The number of aliphatic hydroxyl groups excluding tert-OH is 4. The van der Waals surface area contributed by atoms with E-state index >= 15 is 4.39 Å². The summed E-state index contributed by atoms with van der Waals surface area (Å²) < 4.78 is 54.4. The Bertz CT molecular complexity index is 2290. The fraction of sp³-hybridized carbons (Fsp3) is 0.885. The smallest absolute Gasteiger partial charge is 0.311 e. The molecule has 464 valence electrons. The van der Waals surface area contributed by atoms with Gasteiger partial charge in [-0.05, 0) is 149 Å². The number of esters is 1. The van der Waals surface area contributed by atoms with Crippen LogP contribution in [0.2, 0.25) is 0 Å². The first-order chi connectivity index (χ1) is 37.5. The predicted octanol–water partition coefficient (Wildman–Crippen LogP) is 3.98. The molecule has 3 heterocycles. The number of carbonyl (C=O) groups is 3. The Kier molecular flexibility index (Phi) is 20.1. The zero-order valence-corrected chi connectivity index (χ0v) is 51.2. The SMILES string of the molecule is CC[C@H]1OC(=O)[C@H](C)C(O[C@@H]2C[C@](C)(OC)[C@H](O)C(C)O2)[C@H](C)C(O[C@@H]2O[C@H](C)C[C@@H](N(C)C)[C@H]2O)[C@](C)(O)C[C@@H](C)CN(CCCNC(=O)[C@@]2(O)[C@H](C)CC3C4C[C@H](F)C5=CC(=O)C=C[C@]5(C)C4[C@@H](O)C[C@@]32C)[C@H](C)[C@@H](O)[C@]1(C)O. The summed E-state index contributed by atoms with van der Waals surface area (Å²) in [4.78, 5) is 45.6. The summed E-state index contributed by atoms with van der Waals surface area (Å²) in [5, 5.41) is 88.5. The summed E-state index contributed by atoms with van der Waals surface area (Å²) in [6, 6.07) is -1.16. The molecule has 0 bridgehead atoms. The fourth-order valence-electron chi connectivity index (χ4n) is 16.7. The Balaban J connectivity index is 1.16. The average molecular weight is 1150 g/mol. The van der Waals surface area contributed by atoms with E-state index in [4.69, 9.17) is 28.4 Å². The summed E-state index contributed by atoms with van der Waals surface area (Å²) in [5.74, 6) is -5.64. The molecular formula is C61H102FN3O16. The largest absolute Gasteiger partial charge is 0.459 e. The van der Waals surface area contributed by atoms with Crippen molar-refractivity contribution in [1.82, 2.24) is 15.1 Å². The number of rotatable bonds is 12. The van der Waals surface area contributed by atoms with Gasteiger partial charge in [0.15, 0.2) is 24.0 Å². The number of methoxy groups -OCH3 is 1. The number of cyclic esters (lactones) is 1. The van der Waals surface area contributed by atoms with Gasteiger partial charge in [0.2, 0.25) is 0 Å². The minimum absolute atomic E-state index is 0.0656. The Morgan fingerprint density at radius 3 is 2.20 bits per heavy atom. The predicted molar refractivity (Wildman–Crippen MR) is 299 cm³/mol. The number of nitrogens with one attached hydrogen (secondary N) is 1. The third-order valence-corrected chi connectivity index (χ3v) is 21.3. The number of aliphatic hydroxyl groups is 7. The number of ketones is 1. The van der Waals surface area contributed by atoms with Gasteiger partial charge in [0.25, 0.3) is 5.91 Å². The number of nitrogens with zero attached hydrogens (tertiary/aromatic N) is 2. The van der Waals surface area contributed by atoms with E-state index in [0.717, 1.165) is 0 Å². The number of hydrogen-bond acceptors (Lipinski definition) is 18. The van der Waals surface area contributed by atoms with Crippen molar-refractivity contribution in [3.8, 4) is 0 Å². The van der Waals surface area contributed by atoms with Crippen molar-refractivity contribution in [2.45, 2.75) is 250 Å². The van der Waals surface area contributed by atoms with Crippen LogP contribution in [0.15, 0.2) is 23.8 Å². The van der Waals surface area contributed by atoms with E-state index in [0.29, 0.717) is 24.8 Å². The molecule has 3 saturated carbocycles. The zero-order chi connectivity index (χ0) is 60.4. The average Bonchev–Trinajstić information content (AvgIpc) is 3.69. The molecule has 20 heteroatoms. The van der Waals surface area contributed by atoms with Crippen LogP contribution in [-0.2, 0) is 42.8 Å². The number of amides is 1. The molecule has 3 aliphatic heterocycles. The molecule has 6 fully saturated rings. The Morgan fingerprint density at radius 1 is 0.901 bits per heavy atom. The van der Waals surface area contributed by atoms with E-state index in [1.807, 2.05) is 58.5 Å². The second-order valence-electron chi connectivity index (χ2n) is 27.5. The number of hydrogen-bond donors (Lipinski definition) is 8. The maximum atomic E-state index is 16.2. The van der Waals surface area contributed by atoms with Gasteiger partial charge < -0.3 is 74.4 Å². The van der Waals surface area contributed by atoms with Gasteiger partial charge in [0.05, 0.1) is 47.6 Å². The molecule has 19 nitrogen and oxygen atoms in total. The molecule has 0 spiro atoms. The van der Waals surface area contributed by atoms with Crippen LogP contribution in [0.5, 0.6) is 0 Å². The highest BCUT2D eigenvalue weighted by Gasteiger charge is 2.71. The highest BCUT2D eigenvalue weighted by atomic mass is 19.1. The van der Waals surface area contributed by atoms with Gasteiger partial charge in [-0.2, -0.15) is 0 Å². The monoisotopic (exact) mass is 1150 g/mol. The van der Waals surface area contributed by atoms with E-state index in [1.165, 1.54) is 26.2 Å². The van der Waals surface area contributed by atoms with Crippen molar-refractivity contribution in [3.05, 3.63) is 23.8 Å². The van der Waals surface area contributed by atoms with Crippen molar-refractivity contribution in [1.29, 1.82) is 0 Å². The van der Waals surface area contributed by atoms with Gasteiger partial charge in [-0.15, -0.1) is 0 Å². The first-order valence-corrected chi connectivity index (χ1v) is 30.1. The fourth-order valence-corrected chi connectivity index (χ4v) is 16.7. The van der Waals surface area contributed by atoms with Crippen molar-refractivity contribution in [2.24, 2.45) is 52.3 Å². The van der Waals surface area contributed by atoms with Gasteiger partial charge in [-0.3, -0.25) is 19.3 Å². The minimum Gasteiger partial charge on any atom is -0.459 e. The second-order valence-corrected chi connectivity index (χ2v) is 27.5. The third kappa shape index (κ3) is 12.3. The van der Waals surface area contributed by atoms with E-state index < -0.39 is 142 Å². The summed E-state index contributed by atoms with van der Waals surface area (Å²) in [7, 11) is 5.21. The lowest BCUT2D eigenvalue weighted by Gasteiger charge is -2.60. The van der Waals surface area contributed by atoms with E-state index in [1.54, 1.807) is 54.5 Å². The van der Waals surface area contributed by atoms with Gasteiger partial charge >= 0.3 is 5.97 Å². The van der Waals surface area contributed by atoms with Gasteiger partial charge in [-0.25, -0.2) is 4.39 Å². The molecule has 0 radical (unpaired) electrons. The molecule has 0 aromatic heterocycles. The Morgan fingerprint density at radius 2 is 1.57 bits per heavy atom. The topological polar surface area (TPSA) is 267 Å². The summed E-state index contributed by atoms with van der Waals surface area (Å²) >= 11 is 0. The number of ether oxygens (including phenoxy) is 6. The maximum Gasteiger partial charge on any atom is 0.311 e. The molecule has 27 atom stereocenters. The molecule has 3 saturated heterocycles. The highest BCUT2D eigenvalue weighted by molar-refractivity contribution is 6.01. The first-order valence-electron chi connectivity index (χ1n) is 30.1. The Labute approximate surface area is 480 Å². The van der Waals surface area contributed by atoms with Crippen molar-refractivity contribution in [2.75, 3.05) is 40.8 Å². The number of fused-ring (bicyclic) bond motifs is 5. The van der Waals surface area contributed by atoms with Crippen molar-refractivity contribution >= 4 is 17.7 Å². The standard InChI is InChI=1S/C61H102FN3O16/c1-17-45-60(13,74)50(69)36(7)65(22-18-21-63-55(72)61(75)32(3)23-40-39-26-42(62)41-25-38(66)19-20-56(41,9)47(39)44(67)28-57(40,61)10)30-31(2)27-58(11,73)52(81-54-48(68)43(64(14)15)24-33(4)77-54)34(5)49(35(6)53(71)79-45)80-46-29-59(12,76-16)51(70)37(8)78-46/h19-20,25,31-37,39-40,42-52,54,67-70,73-75H,17-18,21-24,26-30H2,1-16H3,(H,63,72)/t31-,32-,33-,34+,35-,36-,37?,39?,40?,42+,43-,44+,45-,46-,47?,48-,49?,50-,51-,52?,54+,56+,57+,58-,59+,60-,61+/m1/s1. The quantitative estimate of drug-likeness (QED) is 0.101. The van der Waals surface area contributed by atoms with E-state index in [2.05, 4.69) is 5.32 Å². The Hall–Kier alpha value is -2.54. The lowest BCUT2D eigenvalue weighted by molar-refractivity contribution is -0.318. The maximum absolute atomic E-state index is 16.2. The molecule has 4 aliphatic carbocycles. The molecule has 1 amide bonds. The second kappa shape index (κ2) is 24.7. The molecule has 0 aromatic rings. The lowest BCUT2D eigenvalue weighted by Crippen LogP contribution is -2.65. The molecule has 6 unspecified atom stereocenters. The molecule has 0 aromatic carbocycles. The van der Waals surface area contributed by atoms with Crippen LogP contribution < -0.4 is 5.32 Å². The van der Waals surface area contributed by atoms with Gasteiger partial charge in [0.1, 0.15) is 36.2 Å². The molecule has 81 heavy (non-hydrogen) atoms. The summed E-state index contributed by atoms with van der Waals surface area (Å²) in [5.41, 5.74) is -8.40. The van der Waals surface area contributed by atoms with Crippen LogP contribution in [0.3, 0.4) is 0 Å². The molecular weight excluding hydrogens is 1050 g/mol. The van der Waals surface area contributed by atoms with Gasteiger partial charge in [0, 0.05) is 67.9 Å². The molecule has 7 rings (SSSR count). The number of carbonyl (C=O) groups excluding carboxylic acids is 3. The van der Waals surface area contributed by atoms with Crippen LogP contribution in [0.4, 0.5) is 4.39 Å². The van der Waals surface area contributed by atoms with E-state index in [-0.39, 0.29) is 87.4 Å². The number of alkyl halides is 1. The van der Waals surface area contributed by atoms with Crippen molar-refractivity contribution in [3.63, 3.8) is 0 Å². The number of halogens is 1. The molecule has 8 N–H and O–H groups in total. The number of likely N-dealkylation sites (N-methyl/N-ethyl adjacent to an activating group) is 1. The minimum atomic E-state index is -2.01. The zero-order valence-electron chi connectivity index (χ0n) is 51.2. The van der Waals surface area contributed by atoms with Crippen LogP contribution in [-0.4, -0.2) is 212 Å². The third-order valence-electron chi connectivity index (χ3n) is 21.3. The number of allylic oxidation sites excluding steroid dienone is 4. The van der Waals surface area contributed by atoms with Crippen LogP contribution in [0, 0.1) is 52.3 Å². The molecule has 7 aliphatic rings. The van der Waals surface area contributed by atoms with Crippen molar-refractivity contribution < 1.29 is 82.9 Å².